The van der Waals surface area contributed by atoms with Crippen molar-refractivity contribution in [2.24, 2.45) is 11.8 Å². The van der Waals surface area contributed by atoms with Crippen LogP contribution in [-0.4, -0.2) is 86.8 Å². The van der Waals surface area contributed by atoms with E-state index in [1.807, 2.05) is 44.4 Å². The maximum atomic E-state index is 13.8. The highest BCUT2D eigenvalue weighted by atomic mass is 32.2. The molecular formula is C30H44F3N5O6S. The van der Waals surface area contributed by atoms with Gasteiger partial charge in [-0.1, -0.05) is 46.6 Å². The van der Waals surface area contributed by atoms with Crippen molar-refractivity contribution in [2.75, 3.05) is 26.0 Å². The number of anilines is 1. The molecule has 0 aromatic heterocycles. The average molecular weight is 660 g/mol. The van der Waals surface area contributed by atoms with Gasteiger partial charge in [0.15, 0.2) is 0 Å². The van der Waals surface area contributed by atoms with Crippen LogP contribution >= 0.6 is 0 Å². The van der Waals surface area contributed by atoms with Crippen molar-refractivity contribution >= 4 is 39.3 Å². The van der Waals surface area contributed by atoms with Crippen molar-refractivity contribution in [1.82, 2.24) is 19.8 Å². The lowest BCUT2D eigenvalue weighted by Crippen LogP contribution is -2.57. The minimum atomic E-state index is -5.12. The molecule has 0 aliphatic carbocycles. The van der Waals surface area contributed by atoms with Crippen LogP contribution in [0.25, 0.3) is 0 Å². The van der Waals surface area contributed by atoms with Crippen LogP contribution in [0.4, 0.5) is 18.9 Å². The molecule has 1 unspecified atom stereocenters. The van der Waals surface area contributed by atoms with E-state index < -0.39 is 45.0 Å². The maximum absolute atomic E-state index is 13.8. The summed E-state index contributed by atoms with van der Waals surface area (Å²) in [4.78, 5) is 54.0. The average Bonchev–Trinajstić information content (AvgIpc) is 2.96. The monoisotopic (exact) mass is 659 g/mol. The summed E-state index contributed by atoms with van der Waals surface area (Å²) in [5.74, 6) is -4.12. The molecule has 1 aromatic carbocycles. The summed E-state index contributed by atoms with van der Waals surface area (Å²) in [6.07, 6.45) is -0.384. The van der Waals surface area contributed by atoms with Gasteiger partial charge in [-0.05, 0) is 69.5 Å². The number of sulfonamides is 1. The number of likely N-dealkylation sites (N-methyl/N-ethyl adjacent to an activating group) is 2. The first-order valence-electron chi connectivity index (χ1n) is 14.8. The number of amides is 4. The Morgan fingerprint density at radius 1 is 1.09 bits per heavy atom. The minimum absolute atomic E-state index is 0.000980. The van der Waals surface area contributed by atoms with E-state index in [-0.39, 0.29) is 41.0 Å². The quantitative estimate of drug-likeness (QED) is 0.292. The molecule has 0 radical (unpaired) electrons. The van der Waals surface area contributed by atoms with Gasteiger partial charge in [0, 0.05) is 18.3 Å². The standard InChI is InChI=1S/C30H44F3N5O6S/c1-8-19(4)25(35-27(40)23-11-9-10-16-37(23)6)28(41)38(7)24(18(2)3)17-20(5)26(39)36-45(43,44)22-14-12-21(13-15-22)34-29(42)30(31,32)33/h12-15,17-19,23-25H,8-11,16H2,1-7H3,(H,34,42)(H,35,40)(H,36,39)/b20-17+/t19-,23+,24+,25?/m0/s1. The molecule has 252 valence electrons. The topological polar surface area (TPSA) is 145 Å². The van der Waals surface area contributed by atoms with E-state index in [4.69, 9.17) is 0 Å². The second kappa shape index (κ2) is 15.7. The Bertz CT molecular complexity index is 1360. The van der Waals surface area contributed by atoms with Crippen LogP contribution in [0.5, 0.6) is 0 Å². The summed E-state index contributed by atoms with van der Waals surface area (Å²) in [6, 6.07) is 2.03. The summed E-state index contributed by atoms with van der Waals surface area (Å²) in [5.41, 5.74) is -0.289. The molecule has 1 fully saturated rings. The van der Waals surface area contributed by atoms with Crippen LogP contribution in [0.15, 0.2) is 40.8 Å². The fourth-order valence-corrected chi connectivity index (χ4v) is 5.99. The van der Waals surface area contributed by atoms with Crippen molar-refractivity contribution < 1.29 is 40.8 Å². The predicted octanol–water partition coefficient (Wildman–Crippen LogP) is 3.44. The van der Waals surface area contributed by atoms with Crippen LogP contribution in [-0.2, 0) is 29.2 Å². The number of piperidine rings is 1. The van der Waals surface area contributed by atoms with Crippen LogP contribution in [0.2, 0.25) is 0 Å². The largest absolute Gasteiger partial charge is 0.471 e. The van der Waals surface area contributed by atoms with Crippen molar-refractivity contribution in [3.05, 3.63) is 35.9 Å². The number of likely N-dealkylation sites (tertiary alicyclic amines) is 1. The van der Waals surface area contributed by atoms with E-state index in [1.165, 1.54) is 17.9 Å². The molecular weight excluding hydrogens is 615 g/mol. The lowest BCUT2D eigenvalue weighted by atomic mass is 9.94. The molecule has 4 atom stereocenters. The molecule has 1 heterocycles. The Hall–Kier alpha value is -3.46. The second-order valence-electron chi connectivity index (χ2n) is 11.8. The summed E-state index contributed by atoms with van der Waals surface area (Å²) in [5, 5.41) is 4.57. The van der Waals surface area contributed by atoms with Crippen molar-refractivity contribution in [3.8, 4) is 0 Å². The number of nitrogens with one attached hydrogen (secondary N) is 3. The van der Waals surface area contributed by atoms with E-state index in [0.717, 1.165) is 43.7 Å². The first-order chi connectivity index (χ1) is 20.8. The molecule has 45 heavy (non-hydrogen) atoms. The molecule has 1 aliphatic rings. The molecule has 0 saturated carbocycles. The molecule has 1 aromatic rings. The minimum Gasteiger partial charge on any atom is -0.343 e. The highest BCUT2D eigenvalue weighted by Crippen LogP contribution is 2.22. The third-order valence-corrected chi connectivity index (χ3v) is 9.36. The number of halogens is 3. The number of hydrogen-bond donors (Lipinski definition) is 3. The van der Waals surface area contributed by atoms with Crippen LogP contribution in [0.1, 0.15) is 60.3 Å². The molecule has 11 nitrogen and oxygen atoms in total. The zero-order valence-corrected chi connectivity index (χ0v) is 27.5. The Morgan fingerprint density at radius 3 is 2.20 bits per heavy atom. The Morgan fingerprint density at radius 2 is 1.69 bits per heavy atom. The van der Waals surface area contributed by atoms with Gasteiger partial charge in [-0.25, -0.2) is 13.1 Å². The van der Waals surface area contributed by atoms with Crippen molar-refractivity contribution in [1.29, 1.82) is 0 Å². The maximum Gasteiger partial charge on any atom is 0.471 e. The van der Waals surface area contributed by atoms with Gasteiger partial charge in [0.25, 0.3) is 15.9 Å². The molecule has 2 rings (SSSR count). The highest BCUT2D eigenvalue weighted by Gasteiger charge is 2.39. The van der Waals surface area contributed by atoms with Gasteiger partial charge in [0.1, 0.15) is 6.04 Å². The lowest BCUT2D eigenvalue weighted by molar-refractivity contribution is -0.167. The molecule has 3 N–H and O–H groups in total. The predicted molar refractivity (Wildman–Crippen MR) is 163 cm³/mol. The summed E-state index contributed by atoms with van der Waals surface area (Å²) < 4.78 is 65.0. The first-order valence-corrected chi connectivity index (χ1v) is 16.3. The molecule has 0 spiro atoms. The Kier molecular flexibility index (Phi) is 13.2. The van der Waals surface area contributed by atoms with Crippen LogP contribution in [0, 0.1) is 11.8 Å². The first kappa shape index (κ1) is 37.7. The number of hydrogen-bond acceptors (Lipinski definition) is 7. The fourth-order valence-electron chi connectivity index (χ4n) is 4.97. The molecule has 1 aliphatic heterocycles. The molecule has 15 heteroatoms. The van der Waals surface area contributed by atoms with E-state index >= 15 is 0 Å². The molecule has 1 saturated heterocycles. The fraction of sp³-hybridized carbons (Fsp3) is 0.600. The smallest absolute Gasteiger partial charge is 0.343 e. The van der Waals surface area contributed by atoms with Gasteiger partial charge in [0.2, 0.25) is 11.8 Å². The van der Waals surface area contributed by atoms with E-state index in [1.54, 1.807) is 12.4 Å². The van der Waals surface area contributed by atoms with Gasteiger partial charge in [-0.15, -0.1) is 0 Å². The lowest BCUT2D eigenvalue weighted by Gasteiger charge is -2.36. The third-order valence-electron chi connectivity index (χ3n) is 8.01. The summed E-state index contributed by atoms with van der Waals surface area (Å²) in [7, 11) is -0.981. The van der Waals surface area contributed by atoms with E-state index in [2.05, 4.69) is 5.32 Å². The number of nitrogens with zero attached hydrogens (tertiary/aromatic N) is 2. The number of rotatable bonds is 12. The van der Waals surface area contributed by atoms with Crippen molar-refractivity contribution in [2.45, 2.75) is 89.5 Å². The third kappa shape index (κ3) is 10.3. The van der Waals surface area contributed by atoms with Gasteiger partial charge in [-0.3, -0.25) is 24.1 Å². The van der Waals surface area contributed by atoms with Crippen LogP contribution in [0.3, 0.4) is 0 Å². The summed E-state index contributed by atoms with van der Waals surface area (Å²) >= 11 is 0. The van der Waals surface area contributed by atoms with Crippen LogP contribution < -0.4 is 15.4 Å². The molecule has 0 bridgehead atoms. The normalized spacial score (nSPS) is 18.5. The number of carbonyl (C=O) groups is 4. The van der Waals surface area contributed by atoms with Gasteiger partial charge >= 0.3 is 12.1 Å². The van der Waals surface area contributed by atoms with Gasteiger partial charge in [0.05, 0.1) is 17.0 Å². The van der Waals surface area contributed by atoms with Crippen molar-refractivity contribution in [3.63, 3.8) is 0 Å². The zero-order valence-electron chi connectivity index (χ0n) is 26.7. The summed E-state index contributed by atoms with van der Waals surface area (Å²) in [6.45, 7) is 9.65. The van der Waals surface area contributed by atoms with E-state index in [0.29, 0.717) is 12.8 Å². The highest BCUT2D eigenvalue weighted by molar-refractivity contribution is 7.90. The number of alkyl halides is 3. The number of benzene rings is 1. The number of carbonyl (C=O) groups excluding carboxylic acids is 4. The Labute approximate surface area is 263 Å². The van der Waals surface area contributed by atoms with E-state index in [9.17, 15) is 40.8 Å². The van der Waals surface area contributed by atoms with Gasteiger partial charge in [-0.2, -0.15) is 13.2 Å². The SMILES string of the molecule is CC[C@H](C)C(NC(=O)[C@H]1CCCCN1C)C(=O)N(C)[C@H](/C=C(\C)C(=O)NS(=O)(=O)c1ccc(NC(=O)C(F)(F)F)cc1)C(C)C. The van der Waals surface area contributed by atoms with Gasteiger partial charge < -0.3 is 15.5 Å². The second-order valence-corrected chi connectivity index (χ2v) is 13.5. The molecule has 4 amide bonds. The Balaban J connectivity index is 2.20. The zero-order chi connectivity index (χ0) is 34.3.